The van der Waals surface area contributed by atoms with Gasteiger partial charge in [-0.3, -0.25) is 4.79 Å². The second kappa shape index (κ2) is 7.97. The fourth-order valence-corrected chi connectivity index (χ4v) is 4.16. The van der Waals surface area contributed by atoms with E-state index in [0.29, 0.717) is 29.6 Å². The molecule has 0 saturated carbocycles. The van der Waals surface area contributed by atoms with Gasteiger partial charge in [-0.25, -0.2) is 4.98 Å². The number of aliphatic hydroxyl groups is 1. The number of piperidine rings is 1. The number of benzene rings is 1. The Bertz CT molecular complexity index is 709. The molecule has 1 aromatic heterocycles. The van der Waals surface area contributed by atoms with Crippen LogP contribution in [0.2, 0.25) is 0 Å². The zero-order valence-corrected chi connectivity index (χ0v) is 15.5. The van der Waals surface area contributed by atoms with E-state index in [1.807, 2.05) is 42.2 Å². The summed E-state index contributed by atoms with van der Waals surface area (Å²) in [6.45, 7) is 3.19. The summed E-state index contributed by atoms with van der Waals surface area (Å²) < 4.78 is 5.12. The largest absolute Gasteiger partial charge is 0.473 e. The normalized spacial score (nSPS) is 16.7. The lowest BCUT2D eigenvalue weighted by atomic mass is 9.88. The third kappa shape index (κ3) is 4.19. The molecule has 1 aromatic carbocycles. The van der Waals surface area contributed by atoms with E-state index in [1.54, 1.807) is 7.11 Å². The maximum atomic E-state index is 12.7. The number of aryl methyl sites for hydroxylation is 1. The number of rotatable bonds is 5. The van der Waals surface area contributed by atoms with E-state index in [-0.39, 0.29) is 17.9 Å². The highest BCUT2D eigenvalue weighted by molar-refractivity contribution is 7.15. The number of nitrogens with zero attached hydrogens (tertiary/aromatic N) is 2. The summed E-state index contributed by atoms with van der Waals surface area (Å²) in [7, 11) is 1.56. The Balaban J connectivity index is 1.56. The lowest BCUT2D eigenvalue weighted by molar-refractivity contribution is 0.0470. The molecule has 2 heterocycles. The van der Waals surface area contributed by atoms with Gasteiger partial charge in [0, 0.05) is 13.1 Å². The summed E-state index contributed by atoms with van der Waals surface area (Å²) in [5.41, 5.74) is 1.87. The van der Waals surface area contributed by atoms with Crippen molar-refractivity contribution in [1.29, 1.82) is 0 Å². The van der Waals surface area contributed by atoms with Crippen LogP contribution in [0, 0.1) is 12.8 Å². The number of methoxy groups -OCH3 is 1. The minimum absolute atomic E-state index is 0.0225. The first-order valence-electron chi connectivity index (χ1n) is 8.61. The highest BCUT2D eigenvalue weighted by atomic mass is 32.1. The minimum atomic E-state index is -0.357. The van der Waals surface area contributed by atoms with Crippen LogP contribution in [0.25, 0.3) is 0 Å². The smallest absolute Gasteiger partial charge is 0.273 e. The second-order valence-electron chi connectivity index (χ2n) is 6.49. The van der Waals surface area contributed by atoms with Crippen molar-refractivity contribution in [3.63, 3.8) is 0 Å². The lowest BCUT2D eigenvalue weighted by Gasteiger charge is -2.34. The molecule has 1 aliphatic rings. The topological polar surface area (TPSA) is 62.7 Å². The van der Waals surface area contributed by atoms with Gasteiger partial charge in [0.15, 0.2) is 0 Å². The molecule has 0 radical (unpaired) electrons. The molecule has 0 unspecified atom stereocenters. The molecular weight excluding hydrogens is 336 g/mol. The number of aliphatic hydroxyl groups excluding tert-OH is 1. The predicted molar refractivity (Wildman–Crippen MR) is 98.2 cm³/mol. The van der Waals surface area contributed by atoms with E-state index in [0.717, 1.165) is 24.1 Å². The van der Waals surface area contributed by atoms with Crippen LogP contribution in [-0.2, 0) is 6.42 Å². The number of hydrogen-bond donors (Lipinski definition) is 1. The number of aromatic nitrogens is 1. The third-order valence-electron chi connectivity index (χ3n) is 4.80. The average Bonchev–Trinajstić information content (AvgIpc) is 3.03. The van der Waals surface area contributed by atoms with Crippen LogP contribution in [0.1, 0.15) is 33.8 Å². The van der Waals surface area contributed by atoms with Crippen molar-refractivity contribution < 1.29 is 14.6 Å². The van der Waals surface area contributed by atoms with Gasteiger partial charge in [0.1, 0.15) is 4.88 Å². The number of thiazole rings is 1. The van der Waals surface area contributed by atoms with Crippen LogP contribution in [0.5, 0.6) is 5.19 Å². The van der Waals surface area contributed by atoms with Crippen molar-refractivity contribution >= 4 is 17.2 Å². The van der Waals surface area contributed by atoms with Crippen molar-refractivity contribution in [2.45, 2.75) is 32.3 Å². The Morgan fingerprint density at radius 3 is 2.64 bits per heavy atom. The Morgan fingerprint density at radius 2 is 2.04 bits per heavy atom. The maximum Gasteiger partial charge on any atom is 0.273 e. The number of likely N-dealkylation sites (tertiary alicyclic amines) is 1. The summed E-state index contributed by atoms with van der Waals surface area (Å²) in [5.74, 6) is 0.260. The van der Waals surface area contributed by atoms with Crippen LogP contribution in [0.4, 0.5) is 0 Å². The van der Waals surface area contributed by atoms with E-state index < -0.39 is 0 Å². The quantitative estimate of drug-likeness (QED) is 0.890. The zero-order valence-electron chi connectivity index (χ0n) is 14.6. The van der Waals surface area contributed by atoms with E-state index >= 15 is 0 Å². The molecule has 1 amide bonds. The molecule has 1 aliphatic heterocycles. The molecule has 1 N–H and O–H groups in total. The Labute approximate surface area is 152 Å². The zero-order chi connectivity index (χ0) is 17.8. The van der Waals surface area contributed by atoms with Gasteiger partial charge in [0.05, 0.1) is 18.9 Å². The monoisotopic (exact) mass is 360 g/mol. The summed E-state index contributed by atoms with van der Waals surface area (Å²) in [5, 5.41) is 11.0. The molecular formula is C19H24N2O3S. The van der Waals surface area contributed by atoms with Gasteiger partial charge in [-0.05, 0) is 37.7 Å². The molecule has 25 heavy (non-hydrogen) atoms. The Kier molecular flexibility index (Phi) is 5.71. The van der Waals surface area contributed by atoms with Crippen LogP contribution >= 0.6 is 11.3 Å². The highest BCUT2D eigenvalue weighted by Crippen LogP contribution is 2.28. The maximum absolute atomic E-state index is 12.7. The molecule has 2 aromatic rings. The number of hydrogen-bond acceptors (Lipinski definition) is 5. The molecule has 0 spiro atoms. The van der Waals surface area contributed by atoms with Gasteiger partial charge < -0.3 is 14.7 Å². The van der Waals surface area contributed by atoms with Gasteiger partial charge in [-0.2, -0.15) is 0 Å². The summed E-state index contributed by atoms with van der Waals surface area (Å²) in [6.07, 6.45) is 1.97. The van der Waals surface area contributed by atoms with Crippen molar-refractivity contribution in [2.75, 3.05) is 20.2 Å². The molecule has 5 nitrogen and oxygen atoms in total. The van der Waals surface area contributed by atoms with E-state index in [4.69, 9.17) is 4.74 Å². The van der Waals surface area contributed by atoms with Crippen LogP contribution in [0.15, 0.2) is 30.3 Å². The summed E-state index contributed by atoms with van der Waals surface area (Å²) in [6, 6.07) is 10.1. The predicted octanol–water partition coefficient (Wildman–Crippen LogP) is 2.92. The molecule has 1 fully saturated rings. The third-order valence-corrected chi connectivity index (χ3v) is 5.91. The first-order valence-corrected chi connectivity index (χ1v) is 9.43. The fourth-order valence-electron chi connectivity index (χ4n) is 3.31. The second-order valence-corrected chi connectivity index (χ2v) is 7.45. The van der Waals surface area contributed by atoms with Gasteiger partial charge in [-0.15, -0.1) is 0 Å². The van der Waals surface area contributed by atoms with E-state index in [2.05, 4.69) is 4.98 Å². The van der Waals surface area contributed by atoms with Crippen LogP contribution in [0.3, 0.4) is 0 Å². The van der Waals surface area contributed by atoms with Gasteiger partial charge in [0.25, 0.3) is 11.1 Å². The molecule has 0 aliphatic carbocycles. The number of carbonyl (C=O) groups is 1. The highest BCUT2D eigenvalue weighted by Gasteiger charge is 2.29. The molecule has 6 heteroatoms. The molecule has 3 rings (SSSR count). The summed E-state index contributed by atoms with van der Waals surface area (Å²) >= 11 is 1.30. The van der Waals surface area contributed by atoms with Crippen molar-refractivity contribution in [1.82, 2.24) is 9.88 Å². The Morgan fingerprint density at radius 1 is 1.36 bits per heavy atom. The standard InChI is InChI=1S/C19H24N2O3S/c1-13-17(25-19(20-13)24-2)18(23)21-10-8-15(9-11-21)16(22)12-14-6-4-3-5-7-14/h3-7,15-16,22H,8-12H2,1-2H3/t16-/m1/s1. The van der Waals surface area contributed by atoms with E-state index in [1.165, 1.54) is 11.3 Å². The minimum Gasteiger partial charge on any atom is -0.473 e. The van der Waals surface area contributed by atoms with Crippen LogP contribution < -0.4 is 4.74 Å². The summed E-state index contributed by atoms with van der Waals surface area (Å²) in [4.78, 5) is 19.5. The van der Waals surface area contributed by atoms with Gasteiger partial charge in [0.2, 0.25) is 0 Å². The van der Waals surface area contributed by atoms with Crippen molar-refractivity contribution in [3.05, 3.63) is 46.5 Å². The SMILES string of the molecule is COc1nc(C)c(C(=O)N2CCC([C@H](O)Cc3ccccc3)CC2)s1. The number of ether oxygens (including phenoxy) is 1. The molecule has 134 valence electrons. The average molecular weight is 360 g/mol. The first kappa shape index (κ1) is 17.9. The van der Waals surface area contributed by atoms with Crippen LogP contribution in [-0.4, -0.2) is 47.2 Å². The number of carbonyl (C=O) groups excluding carboxylic acids is 1. The van der Waals surface area contributed by atoms with Crippen molar-refractivity contribution in [2.24, 2.45) is 5.92 Å². The molecule has 1 atom stereocenters. The van der Waals surface area contributed by atoms with Gasteiger partial charge in [-0.1, -0.05) is 41.7 Å². The first-order chi connectivity index (χ1) is 12.1. The number of amides is 1. The van der Waals surface area contributed by atoms with Crippen molar-refractivity contribution in [3.8, 4) is 5.19 Å². The molecule has 1 saturated heterocycles. The lowest BCUT2D eigenvalue weighted by Crippen LogP contribution is -2.41. The molecule has 0 bridgehead atoms. The van der Waals surface area contributed by atoms with E-state index in [9.17, 15) is 9.90 Å². The Hall–Kier alpha value is -1.92. The fraction of sp³-hybridized carbons (Fsp3) is 0.474. The van der Waals surface area contributed by atoms with Gasteiger partial charge >= 0.3 is 0 Å².